The van der Waals surface area contributed by atoms with Crippen LogP contribution >= 0.6 is 0 Å². The number of nitrogens with zero attached hydrogens (tertiary/aromatic N) is 2. The van der Waals surface area contributed by atoms with Gasteiger partial charge in [0, 0.05) is 49.9 Å². The van der Waals surface area contributed by atoms with Gasteiger partial charge in [0.05, 0.1) is 38.1 Å². The molecule has 4 aliphatic rings. The molecule has 0 aromatic heterocycles. The van der Waals surface area contributed by atoms with Gasteiger partial charge in [-0.15, -0.1) is 0 Å². The van der Waals surface area contributed by atoms with Gasteiger partial charge in [-0.3, -0.25) is 9.80 Å². The van der Waals surface area contributed by atoms with E-state index in [0.29, 0.717) is 0 Å². The Morgan fingerprint density at radius 2 is 1.03 bits per heavy atom. The Hall–Kier alpha value is -2.58. The van der Waals surface area contributed by atoms with Gasteiger partial charge in [-0.05, 0) is 38.5 Å². The summed E-state index contributed by atoms with van der Waals surface area (Å²) in [5.74, 6) is -0.0768. The van der Waals surface area contributed by atoms with E-state index in [4.69, 9.17) is 0 Å². The molecule has 5 rings (SSSR count). The largest absolute Gasteiger partial charge is 0.545 e. The number of carbonyl (C=O) groups is 2. The molecule has 1 aromatic carbocycles. The first-order valence-corrected chi connectivity index (χ1v) is 12.8. The van der Waals surface area contributed by atoms with Gasteiger partial charge in [-0.2, -0.15) is 0 Å². The number of rotatable bonds is 2. The fourth-order valence-corrected chi connectivity index (χ4v) is 5.03. The molecule has 0 radical (unpaired) electrons. The Morgan fingerprint density at radius 3 is 1.44 bits per heavy atom. The van der Waals surface area contributed by atoms with E-state index in [2.05, 4.69) is 9.98 Å². The van der Waals surface area contributed by atoms with E-state index in [1.807, 2.05) is 0 Å². The lowest BCUT2D eigenvalue weighted by Gasteiger charge is -2.21. The van der Waals surface area contributed by atoms with Crippen LogP contribution in [0.3, 0.4) is 0 Å². The third kappa shape index (κ3) is 8.02. The summed E-state index contributed by atoms with van der Waals surface area (Å²) in [5, 5.41) is 20.6. The number of nitrogens with one attached hydrogen (secondary N) is 2. The predicted molar refractivity (Wildman–Crippen MR) is 127 cm³/mol. The number of fused-ring (bicyclic) bond motifs is 2. The van der Waals surface area contributed by atoms with E-state index in [9.17, 15) is 19.8 Å². The topological polar surface area (TPSA) is 114 Å². The molecule has 186 valence electrons. The second-order valence-electron chi connectivity index (χ2n) is 9.31. The molecule has 0 amide bonds. The van der Waals surface area contributed by atoms with Gasteiger partial charge < -0.3 is 19.8 Å². The van der Waals surface area contributed by atoms with Crippen LogP contribution in [0, 0.1) is 0 Å². The smallest absolute Gasteiger partial charge is 0.196 e. The lowest BCUT2D eigenvalue weighted by molar-refractivity contribution is -0.809. The average Bonchev–Trinajstić information content (AvgIpc) is 3.25. The monoisotopic (exact) mass is 470 g/mol. The quantitative estimate of drug-likeness (QED) is 0.572. The van der Waals surface area contributed by atoms with Crippen molar-refractivity contribution in [2.75, 3.05) is 39.3 Å². The molecule has 2 fully saturated rings. The highest BCUT2D eigenvalue weighted by Gasteiger charge is 2.22. The van der Waals surface area contributed by atoms with Crippen molar-refractivity contribution < 1.29 is 29.6 Å². The fourth-order valence-electron chi connectivity index (χ4n) is 5.03. The number of aliphatic imine (C=N–C) groups is 2. The molecule has 8 nitrogen and oxygen atoms in total. The van der Waals surface area contributed by atoms with Gasteiger partial charge >= 0.3 is 0 Å². The molecule has 2 N–H and O–H groups in total. The molecule has 2 atom stereocenters. The van der Waals surface area contributed by atoms with Crippen LogP contribution in [0.2, 0.25) is 0 Å². The minimum absolute atomic E-state index is 0.363. The Balaban J connectivity index is 0.000000143. The number of aromatic carboxylic acids is 2. The molecule has 2 saturated heterocycles. The molecular formula is C26H38N4O4. The van der Waals surface area contributed by atoms with Crippen LogP contribution in [0.5, 0.6) is 0 Å². The van der Waals surface area contributed by atoms with Gasteiger partial charge in [0.1, 0.15) is 0 Å². The fraction of sp³-hybridized carbons (Fsp3) is 0.615. The van der Waals surface area contributed by atoms with E-state index in [1.54, 1.807) is 9.80 Å². The maximum Gasteiger partial charge on any atom is 0.196 e. The van der Waals surface area contributed by atoms with Gasteiger partial charge in [0.25, 0.3) is 0 Å². The Bertz CT molecular complexity index is 812. The summed E-state index contributed by atoms with van der Waals surface area (Å²) in [4.78, 5) is 33.2. The van der Waals surface area contributed by atoms with Gasteiger partial charge in [0.15, 0.2) is 11.7 Å². The van der Waals surface area contributed by atoms with Crippen molar-refractivity contribution in [2.45, 2.75) is 64.2 Å². The highest BCUT2D eigenvalue weighted by Crippen LogP contribution is 2.06. The second kappa shape index (κ2) is 14.0. The molecule has 34 heavy (non-hydrogen) atoms. The van der Waals surface area contributed by atoms with Crippen LogP contribution in [-0.4, -0.2) is 62.9 Å². The molecule has 4 aliphatic heterocycles. The molecule has 2 unspecified atom stereocenters. The van der Waals surface area contributed by atoms with Crippen LogP contribution in [0.1, 0.15) is 84.9 Å². The first-order chi connectivity index (χ1) is 16.6. The first kappa shape index (κ1) is 26.0. The molecule has 0 spiro atoms. The third-order valence-electron chi connectivity index (χ3n) is 6.85. The molecule has 1 aromatic rings. The van der Waals surface area contributed by atoms with E-state index in [0.717, 1.165) is 25.2 Å². The number of carbonyl (C=O) groups excluding carboxylic acids is 2. The SMILES string of the molecule is C1CCC2=NCCC[NH+]2CC1.C1CCC2=NCCC[NH+]2CC1.O=C([O-])c1ccccc1C(=O)[O-]. The number of carboxylic acid groups (broad SMARTS) is 2. The summed E-state index contributed by atoms with van der Waals surface area (Å²) in [7, 11) is 0. The van der Waals surface area contributed by atoms with Crippen molar-refractivity contribution in [1.82, 2.24) is 0 Å². The summed E-state index contributed by atoms with van der Waals surface area (Å²) in [5.41, 5.74) is -0.727. The second-order valence-corrected chi connectivity index (χ2v) is 9.31. The van der Waals surface area contributed by atoms with Crippen molar-refractivity contribution in [2.24, 2.45) is 9.98 Å². The van der Waals surface area contributed by atoms with Crippen LogP contribution in [0.25, 0.3) is 0 Å². The normalized spacial score (nSPS) is 24.0. The molecule has 0 saturated carbocycles. The highest BCUT2D eigenvalue weighted by molar-refractivity contribution is 5.99. The van der Waals surface area contributed by atoms with Crippen LogP contribution in [0.15, 0.2) is 34.3 Å². The number of carboxylic acids is 2. The Kier molecular flexibility index (Phi) is 10.7. The summed E-state index contributed by atoms with van der Waals surface area (Å²) in [6, 6.07) is 5.14. The molecule has 0 bridgehead atoms. The molecule has 8 heteroatoms. The van der Waals surface area contributed by atoms with Gasteiger partial charge in [0.2, 0.25) is 0 Å². The maximum atomic E-state index is 10.3. The zero-order chi connectivity index (χ0) is 24.2. The number of quaternary nitrogens is 2. The average molecular weight is 471 g/mol. The zero-order valence-electron chi connectivity index (χ0n) is 20.2. The zero-order valence-corrected chi connectivity index (χ0v) is 20.2. The summed E-state index contributed by atoms with van der Waals surface area (Å²) < 4.78 is 0. The standard InChI is InChI=1S/2C9H16N2.C8H6O4/c2*1-2-5-9-10-6-4-8-11(9)7-3-1;9-7(10)5-3-1-2-4-6(5)8(11)12/h2*1-8H2;1-4H,(H,9,10)(H,11,12). The highest BCUT2D eigenvalue weighted by atomic mass is 16.4. The lowest BCUT2D eigenvalue weighted by atomic mass is 10.1. The van der Waals surface area contributed by atoms with Crippen molar-refractivity contribution in [3.8, 4) is 0 Å². The predicted octanol–water partition coefficient (Wildman–Crippen LogP) is -1.09. The Labute approximate surface area is 202 Å². The van der Waals surface area contributed by atoms with Crippen LogP contribution in [0.4, 0.5) is 0 Å². The van der Waals surface area contributed by atoms with Crippen LogP contribution in [-0.2, 0) is 0 Å². The summed E-state index contributed by atoms with van der Waals surface area (Å²) in [6.07, 6.45) is 13.6. The minimum Gasteiger partial charge on any atom is -0.545 e. The molecular weight excluding hydrogens is 432 g/mol. The van der Waals surface area contributed by atoms with Crippen molar-refractivity contribution in [1.29, 1.82) is 0 Å². The number of hydrogen-bond donors (Lipinski definition) is 2. The number of hydrogen-bond acceptors (Lipinski definition) is 6. The Morgan fingerprint density at radius 1 is 0.618 bits per heavy atom. The molecule has 4 heterocycles. The van der Waals surface area contributed by atoms with E-state index in [-0.39, 0.29) is 11.1 Å². The molecule has 0 aliphatic carbocycles. The van der Waals surface area contributed by atoms with Gasteiger partial charge in [-0.25, -0.2) is 9.98 Å². The van der Waals surface area contributed by atoms with Gasteiger partial charge in [-0.1, -0.05) is 24.3 Å². The van der Waals surface area contributed by atoms with Crippen molar-refractivity contribution in [3.63, 3.8) is 0 Å². The van der Waals surface area contributed by atoms with E-state index >= 15 is 0 Å². The van der Waals surface area contributed by atoms with E-state index in [1.165, 1.54) is 114 Å². The van der Waals surface area contributed by atoms with Crippen molar-refractivity contribution in [3.05, 3.63) is 35.4 Å². The van der Waals surface area contributed by atoms with Crippen LogP contribution < -0.4 is 20.0 Å². The lowest BCUT2D eigenvalue weighted by Crippen LogP contribution is -3.15. The summed E-state index contributed by atoms with van der Waals surface area (Å²) in [6.45, 7) is 7.58. The number of benzene rings is 1. The summed E-state index contributed by atoms with van der Waals surface area (Å²) >= 11 is 0. The first-order valence-electron chi connectivity index (χ1n) is 12.8. The van der Waals surface area contributed by atoms with E-state index < -0.39 is 11.9 Å². The minimum atomic E-state index is -1.52. The van der Waals surface area contributed by atoms with Crippen molar-refractivity contribution >= 4 is 23.6 Å². The third-order valence-corrected chi connectivity index (χ3v) is 6.85. The maximum absolute atomic E-state index is 10.3. The number of amidine groups is 2.